The highest BCUT2D eigenvalue weighted by molar-refractivity contribution is 5.83. The molecule has 0 aromatic carbocycles. The molecule has 2 saturated heterocycles. The van der Waals surface area contributed by atoms with Crippen LogP contribution in [0.2, 0.25) is 0 Å². The lowest BCUT2D eigenvalue weighted by molar-refractivity contribution is -0.142. The predicted molar refractivity (Wildman–Crippen MR) is 110 cm³/mol. The van der Waals surface area contributed by atoms with Gasteiger partial charge in [-0.1, -0.05) is 26.2 Å². The zero-order valence-electron chi connectivity index (χ0n) is 17.8. The fourth-order valence-corrected chi connectivity index (χ4v) is 4.72. The Morgan fingerprint density at radius 1 is 1.07 bits per heavy atom. The first-order valence-corrected chi connectivity index (χ1v) is 11.1. The topological polar surface area (TPSA) is 58.4 Å². The number of amides is 2. The number of aromatic nitrogens is 2. The third-order valence-electron chi connectivity index (χ3n) is 6.19. The molecule has 28 heavy (non-hydrogen) atoms. The number of rotatable bonds is 5. The van der Waals surface area contributed by atoms with Gasteiger partial charge in [0.05, 0.1) is 11.6 Å². The Kier molecular flexibility index (Phi) is 7.13. The van der Waals surface area contributed by atoms with E-state index in [0.717, 1.165) is 69.5 Å². The van der Waals surface area contributed by atoms with Crippen LogP contribution >= 0.6 is 0 Å². The highest BCUT2D eigenvalue weighted by atomic mass is 16.2. The zero-order valence-corrected chi connectivity index (χ0v) is 17.8. The molecule has 6 heteroatoms. The molecule has 2 aliphatic rings. The van der Waals surface area contributed by atoms with Crippen LogP contribution in [0.3, 0.4) is 0 Å². The number of carbonyl (C=O) groups is 2. The van der Waals surface area contributed by atoms with Crippen molar-refractivity contribution in [3.05, 3.63) is 17.5 Å². The number of carbonyl (C=O) groups excluding carboxylic acids is 2. The second-order valence-electron chi connectivity index (χ2n) is 8.54. The van der Waals surface area contributed by atoms with E-state index < -0.39 is 0 Å². The zero-order chi connectivity index (χ0) is 20.1. The average Bonchev–Trinajstić information content (AvgIpc) is 2.89. The van der Waals surface area contributed by atoms with Gasteiger partial charge < -0.3 is 9.80 Å². The molecule has 0 radical (unpaired) electrons. The Labute approximate surface area is 169 Å². The molecule has 6 nitrogen and oxygen atoms in total. The van der Waals surface area contributed by atoms with Crippen LogP contribution in [-0.4, -0.2) is 57.6 Å². The lowest BCUT2D eigenvalue weighted by Crippen LogP contribution is -2.48. The molecule has 156 valence electrons. The number of piperidine rings is 1. The fourth-order valence-electron chi connectivity index (χ4n) is 4.72. The van der Waals surface area contributed by atoms with Gasteiger partial charge in [0.2, 0.25) is 11.8 Å². The highest BCUT2D eigenvalue weighted by Crippen LogP contribution is 2.25. The molecule has 2 amide bonds. The maximum atomic E-state index is 13.4. The van der Waals surface area contributed by atoms with Gasteiger partial charge in [-0.25, -0.2) is 0 Å². The summed E-state index contributed by atoms with van der Waals surface area (Å²) >= 11 is 0. The minimum absolute atomic E-state index is 0.0430. The van der Waals surface area contributed by atoms with Gasteiger partial charge in [-0.15, -0.1) is 0 Å². The predicted octanol–water partition coefficient (Wildman–Crippen LogP) is 3.48. The molecule has 3 rings (SSSR count). The molecule has 0 N–H and O–H groups in total. The molecule has 0 spiro atoms. The molecular formula is C22H36N4O2. The van der Waals surface area contributed by atoms with Gasteiger partial charge in [0.25, 0.3) is 0 Å². The fraction of sp³-hybridized carbons (Fsp3) is 0.773. The van der Waals surface area contributed by atoms with Gasteiger partial charge in [-0.05, 0) is 52.0 Å². The van der Waals surface area contributed by atoms with Gasteiger partial charge in [0.15, 0.2) is 0 Å². The second-order valence-corrected chi connectivity index (χ2v) is 8.54. The molecule has 2 atom stereocenters. The number of nitrogens with zero attached hydrogens (tertiary/aromatic N) is 4. The van der Waals surface area contributed by atoms with E-state index >= 15 is 0 Å². The Bertz CT molecular complexity index is 676. The quantitative estimate of drug-likeness (QED) is 0.776. The average molecular weight is 389 g/mol. The maximum absolute atomic E-state index is 13.4. The van der Waals surface area contributed by atoms with Crippen LogP contribution in [0.1, 0.15) is 75.7 Å². The van der Waals surface area contributed by atoms with Crippen molar-refractivity contribution in [1.82, 2.24) is 19.6 Å². The van der Waals surface area contributed by atoms with Crippen molar-refractivity contribution in [3.8, 4) is 0 Å². The van der Waals surface area contributed by atoms with E-state index in [4.69, 9.17) is 0 Å². The van der Waals surface area contributed by atoms with E-state index in [0.29, 0.717) is 6.54 Å². The standard InChI is InChI=1S/C22H36N4O2/c1-4-10-20(26-18(3)15-17(2)23-26)22(28)25-14-9-11-19(16-25)21(27)24-12-7-5-6-8-13-24/h15,19-20H,4-14,16H2,1-3H3/t19-,20+/m0/s1. The summed E-state index contributed by atoms with van der Waals surface area (Å²) in [5.41, 5.74) is 1.97. The number of aryl methyl sites for hydroxylation is 2. The highest BCUT2D eigenvalue weighted by Gasteiger charge is 2.34. The van der Waals surface area contributed by atoms with Crippen LogP contribution in [0.15, 0.2) is 6.07 Å². The smallest absolute Gasteiger partial charge is 0.247 e. The Balaban J connectivity index is 1.70. The first kappa shape index (κ1) is 20.9. The SMILES string of the molecule is CCC[C@H](C(=O)N1CCC[C@H](C(=O)N2CCCCCC2)C1)n1nc(C)cc1C. The first-order chi connectivity index (χ1) is 13.5. The van der Waals surface area contributed by atoms with E-state index in [-0.39, 0.29) is 23.8 Å². The van der Waals surface area contributed by atoms with Crippen molar-refractivity contribution in [3.63, 3.8) is 0 Å². The van der Waals surface area contributed by atoms with Crippen molar-refractivity contribution in [2.24, 2.45) is 5.92 Å². The van der Waals surface area contributed by atoms with Gasteiger partial charge in [0.1, 0.15) is 6.04 Å². The summed E-state index contributed by atoms with van der Waals surface area (Å²) in [6.07, 6.45) is 8.18. The van der Waals surface area contributed by atoms with Crippen molar-refractivity contribution in [2.45, 2.75) is 78.2 Å². The summed E-state index contributed by atoms with van der Waals surface area (Å²) in [5, 5.41) is 4.58. The molecule has 2 fully saturated rings. The van der Waals surface area contributed by atoms with Gasteiger partial charge in [-0.2, -0.15) is 5.10 Å². The van der Waals surface area contributed by atoms with Crippen LogP contribution in [-0.2, 0) is 9.59 Å². The molecule has 1 aromatic rings. The van der Waals surface area contributed by atoms with E-state index in [1.807, 2.05) is 29.5 Å². The van der Waals surface area contributed by atoms with Crippen LogP contribution in [0.5, 0.6) is 0 Å². The molecule has 2 aliphatic heterocycles. The summed E-state index contributed by atoms with van der Waals surface area (Å²) in [4.78, 5) is 30.4. The van der Waals surface area contributed by atoms with Gasteiger partial charge in [0, 0.05) is 31.9 Å². The molecule has 3 heterocycles. The molecule has 1 aromatic heterocycles. The van der Waals surface area contributed by atoms with E-state index in [1.165, 1.54) is 12.8 Å². The van der Waals surface area contributed by atoms with Crippen LogP contribution < -0.4 is 0 Å². The second kappa shape index (κ2) is 9.57. The number of likely N-dealkylation sites (tertiary alicyclic amines) is 2. The monoisotopic (exact) mass is 388 g/mol. The third-order valence-corrected chi connectivity index (χ3v) is 6.19. The van der Waals surface area contributed by atoms with Crippen LogP contribution in [0.4, 0.5) is 0 Å². The molecule has 0 bridgehead atoms. The first-order valence-electron chi connectivity index (χ1n) is 11.1. The molecule has 0 aliphatic carbocycles. The summed E-state index contributed by atoms with van der Waals surface area (Å²) in [7, 11) is 0. The minimum Gasteiger partial charge on any atom is -0.342 e. The normalized spacial score (nSPS) is 22.0. The van der Waals surface area contributed by atoms with E-state index in [1.54, 1.807) is 0 Å². The summed E-state index contributed by atoms with van der Waals surface area (Å²) < 4.78 is 1.89. The summed E-state index contributed by atoms with van der Waals surface area (Å²) in [5.74, 6) is 0.345. The molecule has 0 saturated carbocycles. The number of hydrogen-bond acceptors (Lipinski definition) is 3. The minimum atomic E-state index is -0.259. The van der Waals surface area contributed by atoms with Gasteiger partial charge in [-0.3, -0.25) is 14.3 Å². The molecule has 0 unspecified atom stereocenters. The maximum Gasteiger partial charge on any atom is 0.247 e. The Morgan fingerprint density at radius 2 is 1.75 bits per heavy atom. The Morgan fingerprint density at radius 3 is 2.36 bits per heavy atom. The van der Waals surface area contributed by atoms with Gasteiger partial charge >= 0.3 is 0 Å². The van der Waals surface area contributed by atoms with Crippen molar-refractivity contribution in [1.29, 1.82) is 0 Å². The van der Waals surface area contributed by atoms with E-state index in [9.17, 15) is 9.59 Å². The summed E-state index contributed by atoms with van der Waals surface area (Å²) in [6, 6.07) is 1.77. The largest absolute Gasteiger partial charge is 0.342 e. The third kappa shape index (κ3) is 4.76. The molecular weight excluding hydrogens is 352 g/mol. The van der Waals surface area contributed by atoms with Crippen LogP contribution in [0.25, 0.3) is 0 Å². The van der Waals surface area contributed by atoms with Crippen molar-refractivity contribution < 1.29 is 9.59 Å². The Hall–Kier alpha value is -1.85. The van der Waals surface area contributed by atoms with Crippen molar-refractivity contribution >= 4 is 11.8 Å². The lowest BCUT2D eigenvalue weighted by atomic mass is 9.95. The number of hydrogen-bond donors (Lipinski definition) is 0. The van der Waals surface area contributed by atoms with Crippen molar-refractivity contribution in [2.75, 3.05) is 26.2 Å². The van der Waals surface area contributed by atoms with Crippen LogP contribution in [0, 0.1) is 19.8 Å². The van der Waals surface area contributed by atoms with E-state index in [2.05, 4.69) is 16.9 Å². The lowest BCUT2D eigenvalue weighted by Gasteiger charge is -2.36. The summed E-state index contributed by atoms with van der Waals surface area (Å²) in [6.45, 7) is 9.16.